The van der Waals surface area contributed by atoms with Gasteiger partial charge in [0.15, 0.2) is 0 Å². The van der Waals surface area contributed by atoms with E-state index in [0.29, 0.717) is 37.9 Å². The molecule has 0 bridgehead atoms. The summed E-state index contributed by atoms with van der Waals surface area (Å²) < 4.78 is 6.36. The number of benzene rings is 1. The highest BCUT2D eigenvalue weighted by Gasteiger charge is 2.29. The van der Waals surface area contributed by atoms with Crippen molar-refractivity contribution in [3.63, 3.8) is 0 Å². The van der Waals surface area contributed by atoms with Crippen LogP contribution in [-0.2, 0) is 27.3 Å². The number of piperidine rings is 1. The number of fused-ring (bicyclic) bond motifs is 1. The third kappa shape index (κ3) is 4.69. The number of likely N-dealkylation sites (tertiary alicyclic amines) is 1. The molecule has 0 unspecified atom stereocenters. The summed E-state index contributed by atoms with van der Waals surface area (Å²) >= 11 is 0. The number of hydrogen-bond donors (Lipinski definition) is 0. The van der Waals surface area contributed by atoms with Gasteiger partial charge in [-0.2, -0.15) is 5.10 Å². The smallest absolute Gasteiger partial charge is 0.310 e. The van der Waals surface area contributed by atoms with Gasteiger partial charge in [0.2, 0.25) is 5.91 Å². The molecule has 0 N–H and O–H groups in total. The summed E-state index contributed by atoms with van der Waals surface area (Å²) in [6.07, 6.45) is 5.38. The van der Waals surface area contributed by atoms with Gasteiger partial charge in [0.1, 0.15) is 6.54 Å². The van der Waals surface area contributed by atoms with Crippen LogP contribution in [0.5, 0.6) is 0 Å². The molecular weight excluding hydrogens is 408 g/mol. The van der Waals surface area contributed by atoms with Crippen molar-refractivity contribution in [2.45, 2.75) is 32.7 Å². The average molecular weight is 434 g/mol. The second kappa shape index (κ2) is 9.72. The summed E-state index contributed by atoms with van der Waals surface area (Å²) in [6, 6.07) is 11.1. The first-order chi connectivity index (χ1) is 15.6. The molecule has 0 radical (unpaired) electrons. The summed E-state index contributed by atoms with van der Waals surface area (Å²) in [5.74, 6) is -0.819. The molecule has 3 aromatic rings. The highest BCUT2D eigenvalue weighted by molar-refractivity contribution is 5.84. The molecule has 1 amide bonds. The van der Waals surface area contributed by atoms with Gasteiger partial charge in [-0.3, -0.25) is 19.4 Å². The first-order valence-electron chi connectivity index (χ1n) is 10.9. The molecule has 1 aliphatic rings. The average Bonchev–Trinajstić information content (AvgIpc) is 2.83. The van der Waals surface area contributed by atoms with E-state index < -0.39 is 0 Å². The van der Waals surface area contributed by atoms with Crippen LogP contribution in [0.4, 0.5) is 0 Å². The molecule has 8 nitrogen and oxygen atoms in total. The van der Waals surface area contributed by atoms with Gasteiger partial charge in [-0.05, 0) is 43.5 Å². The molecular formula is C24H26N4O4. The Kier molecular flexibility index (Phi) is 6.58. The summed E-state index contributed by atoms with van der Waals surface area (Å²) in [6.45, 7) is 2.79. The van der Waals surface area contributed by atoms with Crippen LogP contribution in [0.25, 0.3) is 10.8 Å². The molecule has 1 aliphatic heterocycles. The highest BCUT2D eigenvalue weighted by Crippen LogP contribution is 2.19. The minimum Gasteiger partial charge on any atom is -0.466 e. The van der Waals surface area contributed by atoms with Gasteiger partial charge in [-0.25, -0.2) is 4.68 Å². The van der Waals surface area contributed by atoms with Crippen molar-refractivity contribution < 1.29 is 14.3 Å². The number of pyridine rings is 1. The van der Waals surface area contributed by atoms with Crippen LogP contribution in [0.3, 0.4) is 0 Å². The third-order valence-electron chi connectivity index (χ3n) is 5.74. The molecule has 1 saturated heterocycles. The topological polar surface area (TPSA) is 94.4 Å². The largest absolute Gasteiger partial charge is 0.466 e. The second-order valence-corrected chi connectivity index (χ2v) is 7.92. The first kappa shape index (κ1) is 21.7. The third-order valence-corrected chi connectivity index (χ3v) is 5.74. The molecule has 1 fully saturated rings. The van der Waals surface area contributed by atoms with E-state index in [-0.39, 0.29) is 29.9 Å². The number of rotatable bonds is 6. The fraction of sp³-hybridized carbons (Fsp3) is 0.375. The van der Waals surface area contributed by atoms with Crippen molar-refractivity contribution in [1.82, 2.24) is 19.7 Å². The van der Waals surface area contributed by atoms with Crippen molar-refractivity contribution in [1.29, 1.82) is 0 Å². The minimum atomic E-state index is -0.323. The molecule has 3 heterocycles. The predicted octanol–water partition coefficient (Wildman–Crippen LogP) is 2.18. The fourth-order valence-corrected chi connectivity index (χ4v) is 4.12. The number of ether oxygens (including phenoxy) is 1. The molecule has 0 spiro atoms. The highest BCUT2D eigenvalue weighted by atomic mass is 16.5. The Morgan fingerprint density at radius 1 is 1.12 bits per heavy atom. The standard InChI is InChI=1S/C24H26N4O4/c1-2-32-24(31)18-6-5-13-27(15-18)22(29)16-28-23(30)20-8-4-3-7-19(20)21(26-28)14-17-9-11-25-12-10-17/h3-4,7-12,18H,2,5-6,13-16H2,1H3/t18-/m0/s1. The van der Waals surface area contributed by atoms with Crippen LogP contribution < -0.4 is 5.56 Å². The van der Waals surface area contributed by atoms with E-state index in [1.54, 1.807) is 36.4 Å². The number of amides is 1. The first-order valence-corrected chi connectivity index (χ1v) is 10.9. The van der Waals surface area contributed by atoms with Gasteiger partial charge in [-0.15, -0.1) is 0 Å². The lowest BCUT2D eigenvalue weighted by Crippen LogP contribution is -2.45. The van der Waals surface area contributed by atoms with E-state index in [1.165, 1.54) is 4.68 Å². The van der Waals surface area contributed by atoms with Gasteiger partial charge >= 0.3 is 5.97 Å². The molecule has 32 heavy (non-hydrogen) atoms. The lowest BCUT2D eigenvalue weighted by molar-refractivity contribution is -0.151. The Hall–Kier alpha value is -3.55. The summed E-state index contributed by atoms with van der Waals surface area (Å²) in [5.41, 5.74) is 1.44. The van der Waals surface area contributed by atoms with E-state index in [9.17, 15) is 14.4 Å². The second-order valence-electron chi connectivity index (χ2n) is 7.92. The molecule has 1 aromatic carbocycles. The van der Waals surface area contributed by atoms with E-state index in [2.05, 4.69) is 10.1 Å². The molecule has 8 heteroatoms. The number of esters is 1. The van der Waals surface area contributed by atoms with Crippen molar-refractivity contribution in [3.8, 4) is 0 Å². The Morgan fingerprint density at radius 2 is 1.88 bits per heavy atom. The zero-order chi connectivity index (χ0) is 22.5. The van der Waals surface area contributed by atoms with Crippen molar-refractivity contribution in [2.75, 3.05) is 19.7 Å². The molecule has 4 rings (SSSR count). The Morgan fingerprint density at radius 3 is 2.62 bits per heavy atom. The van der Waals surface area contributed by atoms with E-state index in [4.69, 9.17) is 4.74 Å². The zero-order valence-corrected chi connectivity index (χ0v) is 18.1. The molecule has 1 atom stereocenters. The van der Waals surface area contributed by atoms with E-state index in [1.807, 2.05) is 24.3 Å². The van der Waals surface area contributed by atoms with Crippen LogP contribution in [-0.4, -0.2) is 51.2 Å². The van der Waals surface area contributed by atoms with E-state index in [0.717, 1.165) is 23.1 Å². The van der Waals surface area contributed by atoms with Gasteiger partial charge in [0.25, 0.3) is 5.56 Å². The fourth-order valence-electron chi connectivity index (χ4n) is 4.12. The molecule has 166 valence electrons. The quantitative estimate of drug-likeness (QED) is 0.552. The van der Waals surface area contributed by atoms with Crippen LogP contribution in [0.15, 0.2) is 53.6 Å². The number of hydrogen-bond acceptors (Lipinski definition) is 6. The SMILES string of the molecule is CCOC(=O)[C@H]1CCCN(C(=O)Cn2nc(Cc3ccncc3)c3ccccc3c2=O)C1. The zero-order valence-electron chi connectivity index (χ0n) is 18.1. The Labute approximate surface area is 185 Å². The summed E-state index contributed by atoms with van der Waals surface area (Å²) in [4.78, 5) is 43.9. The maximum absolute atomic E-state index is 13.1. The van der Waals surface area contributed by atoms with Crippen LogP contribution >= 0.6 is 0 Å². The number of aromatic nitrogens is 3. The molecule has 2 aromatic heterocycles. The summed E-state index contributed by atoms with van der Waals surface area (Å²) in [7, 11) is 0. The van der Waals surface area contributed by atoms with Crippen LogP contribution in [0.1, 0.15) is 31.0 Å². The number of carbonyl (C=O) groups excluding carboxylic acids is 2. The lowest BCUT2D eigenvalue weighted by Gasteiger charge is -2.31. The van der Waals surface area contributed by atoms with Crippen LogP contribution in [0, 0.1) is 5.92 Å². The maximum Gasteiger partial charge on any atom is 0.310 e. The normalized spacial score (nSPS) is 16.2. The van der Waals surface area contributed by atoms with Crippen molar-refractivity contribution in [2.24, 2.45) is 5.92 Å². The van der Waals surface area contributed by atoms with Crippen LogP contribution in [0.2, 0.25) is 0 Å². The van der Waals surface area contributed by atoms with Gasteiger partial charge in [0.05, 0.1) is 23.6 Å². The minimum absolute atomic E-state index is 0.164. The number of carbonyl (C=O) groups is 2. The van der Waals surface area contributed by atoms with Gasteiger partial charge in [0, 0.05) is 37.3 Å². The molecule has 0 aliphatic carbocycles. The Balaban J connectivity index is 1.60. The van der Waals surface area contributed by atoms with E-state index >= 15 is 0 Å². The van der Waals surface area contributed by atoms with Crippen molar-refractivity contribution >= 4 is 22.6 Å². The number of nitrogens with zero attached hydrogens (tertiary/aromatic N) is 4. The summed E-state index contributed by atoms with van der Waals surface area (Å²) in [5, 5.41) is 5.86. The Bertz CT molecular complexity index is 1180. The molecule has 0 saturated carbocycles. The van der Waals surface area contributed by atoms with Gasteiger partial charge in [-0.1, -0.05) is 18.2 Å². The monoisotopic (exact) mass is 434 g/mol. The lowest BCUT2D eigenvalue weighted by atomic mass is 9.98. The predicted molar refractivity (Wildman–Crippen MR) is 119 cm³/mol. The van der Waals surface area contributed by atoms with Gasteiger partial charge < -0.3 is 9.64 Å². The maximum atomic E-state index is 13.1. The van der Waals surface area contributed by atoms with Crippen molar-refractivity contribution in [3.05, 3.63) is 70.4 Å².